The van der Waals surface area contributed by atoms with E-state index in [0.29, 0.717) is 17.1 Å². The minimum atomic E-state index is -3.24. The van der Waals surface area contributed by atoms with Crippen molar-refractivity contribution in [3.63, 3.8) is 0 Å². The fraction of sp³-hybridized carbons (Fsp3) is 0.438. The van der Waals surface area contributed by atoms with Crippen LogP contribution in [0.5, 0.6) is 0 Å². The summed E-state index contributed by atoms with van der Waals surface area (Å²) in [6, 6.07) is 4.88. The predicted molar refractivity (Wildman–Crippen MR) is 89.8 cm³/mol. The van der Waals surface area contributed by atoms with Gasteiger partial charge < -0.3 is 4.90 Å². The third kappa shape index (κ3) is 3.90. The number of amides is 1. The zero-order valence-corrected chi connectivity index (χ0v) is 14.5. The first-order chi connectivity index (χ1) is 10.2. The van der Waals surface area contributed by atoms with Crippen LogP contribution >= 0.6 is 11.6 Å². The molecule has 4 nitrogen and oxygen atoms in total. The molecule has 1 amide bonds. The number of carbonyl (C=O) groups is 1. The number of aryl methyl sites for hydroxylation is 1. The van der Waals surface area contributed by atoms with E-state index in [1.165, 1.54) is 5.41 Å². The molecule has 1 aromatic rings. The second kappa shape index (κ2) is 6.42. The zero-order chi connectivity index (χ0) is 16.5. The molecule has 0 radical (unpaired) electrons. The first-order valence-corrected chi connectivity index (χ1v) is 9.28. The number of sulfone groups is 1. The van der Waals surface area contributed by atoms with Crippen molar-refractivity contribution in [2.24, 2.45) is 5.92 Å². The van der Waals surface area contributed by atoms with Gasteiger partial charge >= 0.3 is 0 Å². The average Bonchev–Trinajstić information content (AvgIpc) is 2.73. The van der Waals surface area contributed by atoms with E-state index in [4.69, 9.17) is 11.6 Å². The Bertz CT molecular complexity index is 710. The van der Waals surface area contributed by atoms with Gasteiger partial charge in [0.15, 0.2) is 9.84 Å². The van der Waals surface area contributed by atoms with Crippen LogP contribution in [0.2, 0.25) is 5.02 Å². The van der Waals surface area contributed by atoms with Gasteiger partial charge in [0.25, 0.3) is 0 Å². The highest BCUT2D eigenvalue weighted by Gasteiger charge is 2.31. The van der Waals surface area contributed by atoms with E-state index < -0.39 is 15.9 Å². The number of anilines is 1. The lowest BCUT2D eigenvalue weighted by Gasteiger charge is -2.28. The van der Waals surface area contributed by atoms with Crippen molar-refractivity contribution in [2.75, 3.05) is 10.7 Å². The van der Waals surface area contributed by atoms with Crippen LogP contribution in [0.4, 0.5) is 5.69 Å². The normalized spacial score (nSPS) is 19.6. The number of halogens is 1. The number of hydrogen-bond donors (Lipinski definition) is 0. The van der Waals surface area contributed by atoms with Crippen LogP contribution in [0.3, 0.4) is 0 Å². The molecule has 0 spiro atoms. The van der Waals surface area contributed by atoms with E-state index >= 15 is 0 Å². The molecule has 0 saturated heterocycles. The molecule has 0 aliphatic carbocycles. The second-order valence-corrected chi connectivity index (χ2v) is 8.36. The molecule has 1 aliphatic rings. The van der Waals surface area contributed by atoms with E-state index in [1.54, 1.807) is 23.1 Å². The van der Waals surface area contributed by atoms with Crippen LogP contribution in [-0.2, 0) is 14.6 Å². The lowest BCUT2D eigenvalue weighted by molar-refractivity contribution is -0.119. The summed E-state index contributed by atoms with van der Waals surface area (Å²) in [5.74, 6) is 0.0158. The van der Waals surface area contributed by atoms with Crippen molar-refractivity contribution in [2.45, 2.75) is 33.2 Å². The Balaban J connectivity index is 2.39. The molecule has 22 heavy (non-hydrogen) atoms. The topological polar surface area (TPSA) is 54.5 Å². The maximum absolute atomic E-state index is 12.6. The summed E-state index contributed by atoms with van der Waals surface area (Å²) < 4.78 is 23.4. The van der Waals surface area contributed by atoms with E-state index in [2.05, 4.69) is 0 Å². The number of benzene rings is 1. The zero-order valence-electron chi connectivity index (χ0n) is 12.9. The van der Waals surface area contributed by atoms with Gasteiger partial charge in [0, 0.05) is 22.5 Å². The monoisotopic (exact) mass is 341 g/mol. The van der Waals surface area contributed by atoms with Crippen molar-refractivity contribution in [3.8, 4) is 0 Å². The van der Waals surface area contributed by atoms with Crippen molar-refractivity contribution in [1.82, 2.24) is 0 Å². The van der Waals surface area contributed by atoms with Crippen LogP contribution in [-0.4, -0.2) is 26.1 Å². The summed E-state index contributed by atoms with van der Waals surface area (Å²) in [7, 11) is -3.24. The molecule has 6 heteroatoms. The molecular weight excluding hydrogens is 322 g/mol. The molecule has 1 aliphatic heterocycles. The summed E-state index contributed by atoms with van der Waals surface area (Å²) in [4.78, 5) is 14.2. The number of hydrogen-bond acceptors (Lipinski definition) is 3. The van der Waals surface area contributed by atoms with Crippen molar-refractivity contribution >= 4 is 33.0 Å². The maximum Gasteiger partial charge on any atom is 0.227 e. The summed E-state index contributed by atoms with van der Waals surface area (Å²) in [6.45, 7) is 5.80. The van der Waals surface area contributed by atoms with Gasteiger partial charge in [-0.05, 0) is 36.6 Å². The molecule has 1 heterocycles. The molecule has 1 unspecified atom stereocenters. The first kappa shape index (κ1) is 17.0. The van der Waals surface area contributed by atoms with Gasteiger partial charge in [0.05, 0.1) is 11.8 Å². The van der Waals surface area contributed by atoms with Crippen LogP contribution in [0.15, 0.2) is 29.7 Å². The highest BCUT2D eigenvalue weighted by molar-refractivity contribution is 7.94. The molecule has 0 bridgehead atoms. The fourth-order valence-electron chi connectivity index (χ4n) is 2.42. The Morgan fingerprint density at radius 1 is 1.41 bits per heavy atom. The second-order valence-electron chi connectivity index (χ2n) is 6.02. The van der Waals surface area contributed by atoms with Gasteiger partial charge in [0.2, 0.25) is 5.91 Å². The van der Waals surface area contributed by atoms with Crippen LogP contribution in [0, 0.1) is 12.8 Å². The smallest absolute Gasteiger partial charge is 0.227 e. The Morgan fingerprint density at radius 2 is 2.09 bits per heavy atom. The Hall–Kier alpha value is -1.33. The minimum Gasteiger partial charge on any atom is -0.304 e. The van der Waals surface area contributed by atoms with Gasteiger partial charge in [0.1, 0.15) is 0 Å². The molecule has 1 atom stereocenters. The Kier molecular flexibility index (Phi) is 4.97. The number of carbonyl (C=O) groups excluding carboxylic acids is 1. The van der Waals surface area contributed by atoms with E-state index in [1.807, 2.05) is 26.8 Å². The highest BCUT2D eigenvalue weighted by atomic mass is 35.5. The summed E-state index contributed by atoms with van der Waals surface area (Å²) in [5, 5.41) is 1.74. The molecule has 1 aromatic carbocycles. The molecule has 0 saturated carbocycles. The lowest BCUT2D eigenvalue weighted by atomic mass is 10.1. The molecule has 120 valence electrons. The molecule has 0 aromatic heterocycles. The summed E-state index contributed by atoms with van der Waals surface area (Å²) >= 11 is 6.16. The van der Waals surface area contributed by atoms with Crippen molar-refractivity contribution in [3.05, 3.63) is 40.3 Å². The van der Waals surface area contributed by atoms with E-state index in [0.717, 1.165) is 5.56 Å². The van der Waals surface area contributed by atoms with Gasteiger partial charge in [-0.15, -0.1) is 0 Å². The van der Waals surface area contributed by atoms with Crippen molar-refractivity contribution in [1.29, 1.82) is 0 Å². The number of rotatable bonds is 4. The number of nitrogens with zero attached hydrogens (tertiary/aromatic N) is 1. The highest BCUT2D eigenvalue weighted by Crippen LogP contribution is 2.28. The molecule has 0 N–H and O–H groups in total. The standard InChI is InChI=1S/C16H20ClNO3S/c1-11(2)8-16(19)18(14-6-7-22(20,21)10-14)13-5-4-12(3)15(17)9-13/h4-7,9,11,14H,8,10H2,1-3H3. The van der Waals surface area contributed by atoms with E-state index in [9.17, 15) is 13.2 Å². The predicted octanol–water partition coefficient (Wildman–Crippen LogP) is 3.34. The Morgan fingerprint density at radius 3 is 2.59 bits per heavy atom. The first-order valence-electron chi connectivity index (χ1n) is 7.19. The molecule has 0 fully saturated rings. The third-order valence-electron chi connectivity index (χ3n) is 3.53. The van der Waals surface area contributed by atoms with Gasteiger partial charge in [-0.2, -0.15) is 0 Å². The van der Waals surface area contributed by atoms with Crippen LogP contribution in [0.25, 0.3) is 0 Å². The van der Waals surface area contributed by atoms with Crippen LogP contribution in [0.1, 0.15) is 25.8 Å². The maximum atomic E-state index is 12.6. The quantitative estimate of drug-likeness (QED) is 0.844. The molecule has 2 rings (SSSR count). The van der Waals surface area contributed by atoms with Crippen LogP contribution < -0.4 is 4.90 Å². The van der Waals surface area contributed by atoms with Gasteiger partial charge in [-0.3, -0.25) is 4.79 Å². The third-order valence-corrected chi connectivity index (χ3v) is 5.31. The molecular formula is C16H20ClNO3S. The minimum absolute atomic E-state index is 0.0810. The SMILES string of the molecule is Cc1ccc(N(C(=O)CC(C)C)C2C=CS(=O)(=O)C2)cc1Cl. The van der Waals surface area contributed by atoms with E-state index in [-0.39, 0.29) is 17.6 Å². The summed E-state index contributed by atoms with van der Waals surface area (Å²) in [5.41, 5.74) is 1.55. The largest absolute Gasteiger partial charge is 0.304 e. The van der Waals surface area contributed by atoms with Gasteiger partial charge in [-0.1, -0.05) is 31.5 Å². The van der Waals surface area contributed by atoms with Crippen molar-refractivity contribution < 1.29 is 13.2 Å². The Labute approximate surface area is 136 Å². The average molecular weight is 342 g/mol. The van der Waals surface area contributed by atoms with Gasteiger partial charge in [-0.25, -0.2) is 8.42 Å². The summed E-state index contributed by atoms with van der Waals surface area (Å²) in [6.07, 6.45) is 1.93. The fourth-order valence-corrected chi connectivity index (χ4v) is 3.86. The lowest BCUT2D eigenvalue weighted by Crippen LogP contribution is -2.41.